The Morgan fingerprint density at radius 1 is 1.09 bits per heavy atom. The summed E-state index contributed by atoms with van der Waals surface area (Å²) in [6, 6.07) is 5.74. The van der Waals surface area contributed by atoms with Gasteiger partial charge in [-0.1, -0.05) is 6.07 Å². The third kappa shape index (κ3) is 5.01. The van der Waals surface area contributed by atoms with Gasteiger partial charge in [0.15, 0.2) is 5.65 Å². The number of aromatic nitrogens is 4. The summed E-state index contributed by atoms with van der Waals surface area (Å²) in [5.74, 6) is 0.743. The number of fused-ring (bicyclic) bond motifs is 1. The summed E-state index contributed by atoms with van der Waals surface area (Å²) < 4.78 is 6.94. The van der Waals surface area contributed by atoms with E-state index in [2.05, 4.69) is 25.7 Å². The van der Waals surface area contributed by atoms with E-state index in [0.29, 0.717) is 49.9 Å². The first-order valence-corrected chi connectivity index (χ1v) is 11.8. The summed E-state index contributed by atoms with van der Waals surface area (Å²) in [7, 11) is 0. The van der Waals surface area contributed by atoms with Crippen molar-refractivity contribution in [2.75, 3.05) is 31.6 Å². The van der Waals surface area contributed by atoms with Crippen LogP contribution in [0, 0.1) is 5.92 Å². The number of nitrogens with one attached hydrogen (secondary N) is 2. The predicted molar refractivity (Wildman–Crippen MR) is 125 cm³/mol. The fourth-order valence-electron chi connectivity index (χ4n) is 4.61. The zero-order valence-electron chi connectivity index (χ0n) is 19.0. The van der Waals surface area contributed by atoms with E-state index >= 15 is 0 Å². The maximum Gasteiger partial charge on any atom is 0.256 e. The Morgan fingerprint density at radius 3 is 2.68 bits per heavy atom. The Labute approximate surface area is 197 Å². The quantitative estimate of drug-likeness (QED) is 0.574. The van der Waals surface area contributed by atoms with E-state index in [9.17, 15) is 9.59 Å². The molecule has 0 atom stereocenters. The van der Waals surface area contributed by atoms with Crippen molar-refractivity contribution >= 4 is 23.3 Å². The number of morpholine rings is 1. The Bertz CT molecular complexity index is 1140. The van der Waals surface area contributed by atoms with Crippen LogP contribution >= 0.6 is 0 Å². The van der Waals surface area contributed by atoms with Gasteiger partial charge in [-0.3, -0.25) is 14.6 Å². The van der Waals surface area contributed by atoms with Gasteiger partial charge in [-0.2, -0.15) is 5.10 Å². The summed E-state index contributed by atoms with van der Waals surface area (Å²) >= 11 is 0. The van der Waals surface area contributed by atoms with Crippen molar-refractivity contribution in [3.05, 3.63) is 54.1 Å². The summed E-state index contributed by atoms with van der Waals surface area (Å²) in [5.41, 5.74) is 1.99. The van der Waals surface area contributed by atoms with Gasteiger partial charge in [-0.15, -0.1) is 0 Å². The molecule has 1 saturated heterocycles. The molecular formula is C24H29N7O3. The zero-order valence-corrected chi connectivity index (χ0v) is 19.0. The van der Waals surface area contributed by atoms with Crippen molar-refractivity contribution in [2.24, 2.45) is 5.92 Å². The minimum atomic E-state index is -0.185. The molecule has 1 saturated carbocycles. The first kappa shape index (κ1) is 22.3. The molecule has 178 valence electrons. The number of nitrogens with zero attached hydrogens (tertiary/aromatic N) is 5. The largest absolute Gasteiger partial charge is 0.378 e. The predicted octanol–water partition coefficient (Wildman–Crippen LogP) is 1.88. The average Bonchev–Trinajstić information content (AvgIpc) is 3.32. The van der Waals surface area contributed by atoms with E-state index < -0.39 is 0 Å². The van der Waals surface area contributed by atoms with E-state index in [1.54, 1.807) is 29.3 Å². The normalized spacial score (nSPS) is 20.8. The monoisotopic (exact) mass is 463 g/mol. The van der Waals surface area contributed by atoms with Crippen molar-refractivity contribution in [3.8, 4) is 0 Å². The highest BCUT2D eigenvalue weighted by Gasteiger charge is 2.31. The van der Waals surface area contributed by atoms with E-state index in [1.807, 2.05) is 23.1 Å². The van der Waals surface area contributed by atoms with Gasteiger partial charge in [0.1, 0.15) is 11.4 Å². The van der Waals surface area contributed by atoms with Crippen molar-refractivity contribution in [1.29, 1.82) is 0 Å². The number of hydrogen-bond acceptors (Lipinski definition) is 7. The summed E-state index contributed by atoms with van der Waals surface area (Å²) in [6.45, 7) is 3.17. The topological polar surface area (TPSA) is 114 Å². The van der Waals surface area contributed by atoms with Crippen LogP contribution in [0.4, 0.5) is 5.82 Å². The Balaban J connectivity index is 1.18. The van der Waals surface area contributed by atoms with Gasteiger partial charge >= 0.3 is 0 Å². The van der Waals surface area contributed by atoms with Gasteiger partial charge in [0.25, 0.3) is 5.91 Å². The van der Waals surface area contributed by atoms with E-state index in [1.165, 1.54) is 0 Å². The van der Waals surface area contributed by atoms with Gasteiger partial charge in [0.2, 0.25) is 5.91 Å². The maximum atomic E-state index is 13.0. The number of carbonyl (C=O) groups excluding carboxylic acids is 2. The molecule has 2 fully saturated rings. The molecule has 3 aromatic rings. The molecule has 0 spiro atoms. The highest BCUT2D eigenvalue weighted by atomic mass is 16.5. The Kier molecular flexibility index (Phi) is 6.66. The molecule has 4 heterocycles. The third-order valence-electron chi connectivity index (χ3n) is 6.54. The highest BCUT2D eigenvalue weighted by Crippen LogP contribution is 2.27. The molecule has 1 aliphatic heterocycles. The maximum absolute atomic E-state index is 13.0. The van der Waals surface area contributed by atoms with Gasteiger partial charge in [0, 0.05) is 50.2 Å². The van der Waals surface area contributed by atoms with Gasteiger partial charge in [-0.25, -0.2) is 9.50 Å². The first-order chi connectivity index (χ1) is 16.7. The number of pyridine rings is 1. The number of rotatable bonds is 6. The standard InChI is InChI=1S/C24H29N7O3/c32-23(28-19-5-3-18(4-6-19)24(33)30-10-12-34-13-11-30)20-16-27-31-9-7-21(29-22(20)31)26-15-17-2-1-8-25-14-17/h1-2,7-9,14,16,18-19H,3-6,10-13,15H2,(H,26,29)(H,28,32). The summed E-state index contributed by atoms with van der Waals surface area (Å²) in [6.07, 6.45) is 10.0. The average molecular weight is 464 g/mol. The molecule has 0 aromatic carbocycles. The van der Waals surface area contributed by atoms with Crippen LogP contribution in [0.2, 0.25) is 0 Å². The minimum Gasteiger partial charge on any atom is -0.378 e. The first-order valence-electron chi connectivity index (χ1n) is 11.8. The van der Waals surface area contributed by atoms with Crippen molar-refractivity contribution < 1.29 is 14.3 Å². The lowest BCUT2D eigenvalue weighted by Crippen LogP contribution is -2.46. The molecule has 0 unspecified atom stereocenters. The van der Waals surface area contributed by atoms with Crippen molar-refractivity contribution in [3.63, 3.8) is 0 Å². The number of carbonyl (C=O) groups is 2. The summed E-state index contributed by atoms with van der Waals surface area (Å²) in [5, 5.41) is 10.7. The molecular weight excluding hydrogens is 434 g/mol. The van der Waals surface area contributed by atoms with Crippen LogP contribution in [0.5, 0.6) is 0 Å². The molecule has 2 aliphatic rings. The number of hydrogen-bond donors (Lipinski definition) is 2. The molecule has 0 bridgehead atoms. The number of amides is 2. The fourth-order valence-corrected chi connectivity index (χ4v) is 4.61. The van der Waals surface area contributed by atoms with Crippen LogP contribution in [0.25, 0.3) is 5.65 Å². The minimum absolute atomic E-state index is 0.0401. The molecule has 10 nitrogen and oxygen atoms in total. The van der Waals surface area contributed by atoms with Crippen LogP contribution in [-0.2, 0) is 16.1 Å². The van der Waals surface area contributed by atoms with Crippen LogP contribution in [0.15, 0.2) is 43.0 Å². The van der Waals surface area contributed by atoms with Gasteiger partial charge < -0.3 is 20.3 Å². The fraction of sp³-hybridized carbons (Fsp3) is 0.458. The van der Waals surface area contributed by atoms with Crippen LogP contribution in [0.3, 0.4) is 0 Å². The molecule has 10 heteroatoms. The molecule has 2 N–H and O–H groups in total. The van der Waals surface area contributed by atoms with Crippen LogP contribution in [0.1, 0.15) is 41.6 Å². The van der Waals surface area contributed by atoms with E-state index in [4.69, 9.17) is 4.74 Å². The second-order valence-electron chi connectivity index (χ2n) is 8.81. The second kappa shape index (κ2) is 10.2. The SMILES string of the molecule is O=C(NC1CCC(C(=O)N2CCOCC2)CC1)c1cnn2ccc(NCc3cccnc3)nc12. The lowest BCUT2D eigenvalue weighted by Gasteiger charge is -2.34. The molecule has 1 aliphatic carbocycles. The van der Waals surface area contributed by atoms with Crippen LogP contribution < -0.4 is 10.6 Å². The third-order valence-corrected chi connectivity index (χ3v) is 6.54. The number of ether oxygens (including phenoxy) is 1. The van der Waals surface area contributed by atoms with Crippen LogP contribution in [-0.4, -0.2) is 68.6 Å². The van der Waals surface area contributed by atoms with Gasteiger partial charge in [-0.05, 0) is 43.4 Å². The second-order valence-corrected chi connectivity index (χ2v) is 8.81. The van der Waals surface area contributed by atoms with Crippen molar-refractivity contribution in [2.45, 2.75) is 38.3 Å². The summed E-state index contributed by atoms with van der Waals surface area (Å²) in [4.78, 5) is 36.4. The lowest BCUT2D eigenvalue weighted by atomic mass is 9.85. The molecule has 2 amide bonds. The van der Waals surface area contributed by atoms with E-state index in [-0.39, 0.29) is 23.8 Å². The Morgan fingerprint density at radius 2 is 1.91 bits per heavy atom. The van der Waals surface area contributed by atoms with Crippen molar-refractivity contribution in [1.82, 2.24) is 29.8 Å². The highest BCUT2D eigenvalue weighted by molar-refractivity contribution is 6.00. The Hall–Kier alpha value is -3.53. The molecule has 0 radical (unpaired) electrons. The molecule has 3 aromatic heterocycles. The van der Waals surface area contributed by atoms with Gasteiger partial charge in [0.05, 0.1) is 19.4 Å². The molecule has 34 heavy (non-hydrogen) atoms. The lowest BCUT2D eigenvalue weighted by molar-refractivity contribution is -0.140. The zero-order chi connectivity index (χ0) is 23.3. The van der Waals surface area contributed by atoms with E-state index in [0.717, 1.165) is 31.2 Å². The number of anilines is 1. The molecule has 5 rings (SSSR count). The smallest absolute Gasteiger partial charge is 0.256 e.